The summed E-state index contributed by atoms with van der Waals surface area (Å²) in [5.41, 5.74) is 8.79. The van der Waals surface area contributed by atoms with Crippen LogP contribution in [0.5, 0.6) is 11.6 Å². The lowest BCUT2D eigenvalue weighted by Gasteiger charge is -2.23. The average molecular weight is 270 g/mol. The second-order valence-corrected chi connectivity index (χ2v) is 5.71. The van der Waals surface area contributed by atoms with Crippen molar-refractivity contribution in [3.05, 3.63) is 47.7 Å². The van der Waals surface area contributed by atoms with Gasteiger partial charge >= 0.3 is 0 Å². The number of nitrogens with two attached hydrogens (primary N) is 1. The lowest BCUT2D eigenvalue weighted by molar-refractivity contribution is 0.462. The highest BCUT2D eigenvalue weighted by atomic mass is 16.5. The Kier molecular flexibility index (Phi) is 3.98. The maximum atomic E-state index is 5.87. The van der Waals surface area contributed by atoms with Crippen LogP contribution in [0.25, 0.3) is 0 Å². The molecule has 0 radical (unpaired) electrons. The molecule has 106 valence electrons. The van der Waals surface area contributed by atoms with Crippen LogP contribution in [-0.2, 0) is 5.41 Å². The zero-order valence-corrected chi connectivity index (χ0v) is 12.6. The largest absolute Gasteiger partial charge is 0.437 e. The monoisotopic (exact) mass is 270 g/mol. The highest BCUT2D eigenvalue weighted by molar-refractivity contribution is 5.50. The standard InChI is InChI=1S/C17H22N2O/c1-5-17(3,4)13-7-9-14(10-8-13)20-16-15(18)11-6-12(2)19-16/h6-11H,5,18H2,1-4H3. The van der Waals surface area contributed by atoms with Gasteiger partial charge in [0.25, 0.3) is 0 Å². The van der Waals surface area contributed by atoms with E-state index in [0.29, 0.717) is 11.6 Å². The van der Waals surface area contributed by atoms with Gasteiger partial charge in [-0.1, -0.05) is 32.9 Å². The van der Waals surface area contributed by atoms with Crippen LogP contribution in [0.15, 0.2) is 36.4 Å². The quantitative estimate of drug-likeness (QED) is 0.892. The van der Waals surface area contributed by atoms with Crippen molar-refractivity contribution in [3.8, 4) is 11.6 Å². The number of aromatic nitrogens is 1. The van der Waals surface area contributed by atoms with Gasteiger partial charge in [0.1, 0.15) is 5.75 Å². The first-order chi connectivity index (χ1) is 9.42. The Labute approximate surface area is 120 Å². The lowest BCUT2D eigenvalue weighted by Crippen LogP contribution is -2.14. The predicted molar refractivity (Wildman–Crippen MR) is 83.2 cm³/mol. The normalized spacial score (nSPS) is 11.4. The van der Waals surface area contributed by atoms with Gasteiger partial charge in [-0.25, -0.2) is 4.98 Å². The molecule has 0 fully saturated rings. The number of nitrogens with zero attached hydrogens (tertiary/aromatic N) is 1. The summed E-state index contributed by atoms with van der Waals surface area (Å²) in [5.74, 6) is 1.22. The molecular formula is C17H22N2O. The van der Waals surface area contributed by atoms with E-state index in [0.717, 1.165) is 17.9 Å². The molecule has 3 heteroatoms. The van der Waals surface area contributed by atoms with Crippen LogP contribution in [-0.4, -0.2) is 4.98 Å². The van der Waals surface area contributed by atoms with Gasteiger partial charge in [-0.3, -0.25) is 0 Å². The van der Waals surface area contributed by atoms with E-state index in [2.05, 4.69) is 37.9 Å². The van der Waals surface area contributed by atoms with Crippen molar-refractivity contribution >= 4 is 5.69 Å². The minimum Gasteiger partial charge on any atom is -0.437 e. The zero-order valence-electron chi connectivity index (χ0n) is 12.6. The maximum Gasteiger partial charge on any atom is 0.242 e. The fraction of sp³-hybridized carbons (Fsp3) is 0.353. The van der Waals surface area contributed by atoms with Crippen LogP contribution in [0.1, 0.15) is 38.4 Å². The van der Waals surface area contributed by atoms with E-state index in [1.807, 2.05) is 31.2 Å². The zero-order chi connectivity index (χ0) is 14.8. The molecule has 2 rings (SSSR count). The number of benzene rings is 1. The molecule has 0 unspecified atom stereocenters. The summed E-state index contributed by atoms with van der Waals surface area (Å²) >= 11 is 0. The second kappa shape index (κ2) is 5.53. The van der Waals surface area contributed by atoms with Crippen LogP contribution in [0.4, 0.5) is 5.69 Å². The maximum absolute atomic E-state index is 5.87. The molecule has 20 heavy (non-hydrogen) atoms. The third kappa shape index (κ3) is 3.10. The van der Waals surface area contributed by atoms with Crippen LogP contribution < -0.4 is 10.5 Å². The Morgan fingerprint density at radius 1 is 1.10 bits per heavy atom. The summed E-state index contributed by atoms with van der Waals surface area (Å²) in [6, 6.07) is 11.8. The first-order valence-electron chi connectivity index (χ1n) is 6.94. The Balaban J connectivity index is 2.21. The molecule has 0 atom stereocenters. The Hall–Kier alpha value is -2.03. The molecule has 2 aromatic rings. The van der Waals surface area contributed by atoms with Gasteiger partial charge in [0.05, 0.1) is 5.69 Å². The van der Waals surface area contributed by atoms with E-state index in [1.165, 1.54) is 5.56 Å². The van der Waals surface area contributed by atoms with E-state index in [9.17, 15) is 0 Å². The lowest BCUT2D eigenvalue weighted by atomic mass is 9.82. The number of pyridine rings is 1. The molecule has 1 aromatic heterocycles. The van der Waals surface area contributed by atoms with Crippen LogP contribution in [0.3, 0.4) is 0 Å². The summed E-state index contributed by atoms with van der Waals surface area (Å²) in [6.07, 6.45) is 1.10. The highest BCUT2D eigenvalue weighted by Gasteiger charge is 2.17. The molecule has 0 amide bonds. The summed E-state index contributed by atoms with van der Waals surface area (Å²) in [6.45, 7) is 8.59. The minimum absolute atomic E-state index is 0.180. The molecule has 1 heterocycles. The van der Waals surface area contributed by atoms with Gasteiger partial charge < -0.3 is 10.5 Å². The molecule has 0 aliphatic carbocycles. The van der Waals surface area contributed by atoms with E-state index in [-0.39, 0.29) is 5.41 Å². The molecule has 0 aliphatic heterocycles. The van der Waals surface area contributed by atoms with Gasteiger partial charge in [-0.15, -0.1) is 0 Å². The molecule has 0 aliphatic rings. The predicted octanol–water partition coefficient (Wildman–Crippen LogP) is 4.45. The summed E-state index contributed by atoms with van der Waals surface area (Å²) < 4.78 is 5.76. The topological polar surface area (TPSA) is 48.1 Å². The molecule has 0 spiro atoms. The molecule has 0 saturated heterocycles. The number of aryl methyl sites for hydroxylation is 1. The SMILES string of the molecule is CCC(C)(C)c1ccc(Oc2nc(C)ccc2N)cc1. The van der Waals surface area contributed by atoms with Gasteiger partial charge in [0.15, 0.2) is 0 Å². The van der Waals surface area contributed by atoms with E-state index in [1.54, 1.807) is 0 Å². The van der Waals surface area contributed by atoms with Crippen molar-refractivity contribution in [2.45, 2.75) is 39.5 Å². The molecule has 2 N–H and O–H groups in total. The second-order valence-electron chi connectivity index (χ2n) is 5.71. The molecule has 0 bridgehead atoms. The number of hydrogen-bond acceptors (Lipinski definition) is 3. The van der Waals surface area contributed by atoms with Crippen molar-refractivity contribution in [1.29, 1.82) is 0 Å². The fourth-order valence-electron chi connectivity index (χ4n) is 1.92. The summed E-state index contributed by atoms with van der Waals surface area (Å²) in [5, 5.41) is 0. The number of ether oxygens (including phenoxy) is 1. The number of nitrogen functional groups attached to an aromatic ring is 1. The molecular weight excluding hydrogens is 248 g/mol. The first kappa shape index (κ1) is 14.4. The number of hydrogen-bond donors (Lipinski definition) is 1. The Morgan fingerprint density at radius 2 is 1.75 bits per heavy atom. The molecule has 1 aromatic carbocycles. The smallest absolute Gasteiger partial charge is 0.242 e. The first-order valence-corrected chi connectivity index (χ1v) is 6.94. The number of rotatable bonds is 4. The van der Waals surface area contributed by atoms with Crippen LogP contribution in [0, 0.1) is 6.92 Å². The van der Waals surface area contributed by atoms with Gasteiger partial charge in [0.2, 0.25) is 5.88 Å². The molecule has 0 saturated carbocycles. The van der Waals surface area contributed by atoms with Crippen LogP contribution >= 0.6 is 0 Å². The summed E-state index contributed by atoms with van der Waals surface area (Å²) in [7, 11) is 0. The third-order valence-corrected chi connectivity index (χ3v) is 3.76. The number of anilines is 1. The van der Waals surface area contributed by atoms with E-state index >= 15 is 0 Å². The summed E-state index contributed by atoms with van der Waals surface area (Å²) in [4.78, 5) is 4.31. The van der Waals surface area contributed by atoms with Crippen molar-refractivity contribution in [1.82, 2.24) is 4.98 Å². The van der Waals surface area contributed by atoms with E-state index < -0.39 is 0 Å². The Bertz CT molecular complexity index is 588. The van der Waals surface area contributed by atoms with Gasteiger partial charge in [0, 0.05) is 5.69 Å². The van der Waals surface area contributed by atoms with E-state index in [4.69, 9.17) is 10.5 Å². The van der Waals surface area contributed by atoms with Gasteiger partial charge in [-0.2, -0.15) is 0 Å². The van der Waals surface area contributed by atoms with Crippen LogP contribution in [0.2, 0.25) is 0 Å². The van der Waals surface area contributed by atoms with Crippen molar-refractivity contribution in [2.75, 3.05) is 5.73 Å². The van der Waals surface area contributed by atoms with Crippen molar-refractivity contribution in [3.63, 3.8) is 0 Å². The third-order valence-electron chi connectivity index (χ3n) is 3.76. The minimum atomic E-state index is 0.180. The Morgan fingerprint density at radius 3 is 2.35 bits per heavy atom. The van der Waals surface area contributed by atoms with Gasteiger partial charge in [-0.05, 0) is 48.6 Å². The highest BCUT2D eigenvalue weighted by Crippen LogP contribution is 2.30. The molecule has 3 nitrogen and oxygen atoms in total. The average Bonchev–Trinajstić information content (AvgIpc) is 2.43. The van der Waals surface area contributed by atoms with Crippen molar-refractivity contribution < 1.29 is 4.74 Å². The fourth-order valence-corrected chi connectivity index (χ4v) is 1.92. The van der Waals surface area contributed by atoms with Crippen molar-refractivity contribution in [2.24, 2.45) is 0 Å².